The van der Waals surface area contributed by atoms with Crippen LogP contribution in [0.2, 0.25) is 0 Å². The Hall–Kier alpha value is -2.48. The summed E-state index contributed by atoms with van der Waals surface area (Å²) in [6.07, 6.45) is 0. The topological polar surface area (TPSA) is 79.0 Å². The lowest BCUT2D eigenvalue weighted by Gasteiger charge is -2.28. The van der Waals surface area contributed by atoms with Gasteiger partial charge in [0.05, 0.1) is 13.2 Å². The van der Waals surface area contributed by atoms with Crippen LogP contribution in [0.15, 0.2) is 24.3 Å². The molecule has 1 N–H and O–H groups in total. The number of imide groups is 1. The summed E-state index contributed by atoms with van der Waals surface area (Å²) >= 11 is 0. The van der Waals surface area contributed by atoms with Crippen molar-refractivity contribution in [1.82, 2.24) is 15.1 Å². The first kappa shape index (κ1) is 16.4. The van der Waals surface area contributed by atoms with Crippen molar-refractivity contribution < 1.29 is 23.5 Å². The highest BCUT2D eigenvalue weighted by Crippen LogP contribution is 2.30. The SMILES string of the molecule is C[C@@]1(c2ccccc2F)NC(=O)N(CC(=O)N2CCOCC2)C1=O. The summed E-state index contributed by atoms with van der Waals surface area (Å²) in [5, 5.41) is 2.50. The second-order valence-corrected chi connectivity index (χ2v) is 5.92. The fraction of sp³-hybridized carbons (Fsp3) is 0.438. The van der Waals surface area contributed by atoms with Crippen molar-refractivity contribution >= 4 is 17.8 Å². The quantitative estimate of drug-likeness (QED) is 0.814. The number of halogens is 1. The third-order valence-electron chi connectivity index (χ3n) is 4.34. The van der Waals surface area contributed by atoms with E-state index in [1.807, 2.05) is 0 Å². The zero-order chi connectivity index (χ0) is 17.3. The summed E-state index contributed by atoms with van der Waals surface area (Å²) in [7, 11) is 0. The minimum absolute atomic E-state index is 0.0738. The molecule has 0 radical (unpaired) electrons. The van der Waals surface area contributed by atoms with Crippen molar-refractivity contribution in [2.24, 2.45) is 0 Å². The van der Waals surface area contributed by atoms with E-state index in [0.29, 0.717) is 26.3 Å². The van der Waals surface area contributed by atoms with Gasteiger partial charge in [0, 0.05) is 18.7 Å². The van der Waals surface area contributed by atoms with Gasteiger partial charge in [-0.15, -0.1) is 0 Å². The molecule has 7 nitrogen and oxygen atoms in total. The zero-order valence-corrected chi connectivity index (χ0v) is 13.3. The lowest BCUT2D eigenvalue weighted by atomic mass is 9.91. The lowest BCUT2D eigenvalue weighted by molar-refractivity contribution is -0.141. The molecule has 24 heavy (non-hydrogen) atoms. The maximum absolute atomic E-state index is 14.1. The Labute approximate surface area is 138 Å². The van der Waals surface area contributed by atoms with Crippen LogP contribution in [-0.4, -0.2) is 60.5 Å². The van der Waals surface area contributed by atoms with Crippen LogP contribution in [0.4, 0.5) is 9.18 Å². The van der Waals surface area contributed by atoms with E-state index in [1.54, 1.807) is 11.0 Å². The van der Waals surface area contributed by atoms with E-state index in [4.69, 9.17) is 4.74 Å². The molecule has 2 aliphatic heterocycles. The number of urea groups is 1. The summed E-state index contributed by atoms with van der Waals surface area (Å²) in [5.41, 5.74) is -1.45. The van der Waals surface area contributed by atoms with Crippen LogP contribution in [0.1, 0.15) is 12.5 Å². The highest BCUT2D eigenvalue weighted by molar-refractivity contribution is 6.09. The van der Waals surface area contributed by atoms with E-state index in [1.165, 1.54) is 25.1 Å². The number of carbonyl (C=O) groups is 3. The standard InChI is InChI=1S/C16H18FN3O4/c1-16(11-4-2-3-5-12(11)17)14(22)20(15(23)18-16)10-13(21)19-6-8-24-9-7-19/h2-5H,6-10H2,1H3,(H,18,23)/t16-/m0/s1. The predicted molar refractivity (Wildman–Crippen MR) is 81.4 cm³/mol. The van der Waals surface area contributed by atoms with Crippen LogP contribution in [0, 0.1) is 5.82 Å². The second kappa shape index (κ2) is 6.20. The smallest absolute Gasteiger partial charge is 0.325 e. The number of rotatable bonds is 3. The first-order chi connectivity index (χ1) is 11.4. The number of morpholine rings is 1. The van der Waals surface area contributed by atoms with Crippen molar-refractivity contribution in [3.05, 3.63) is 35.6 Å². The van der Waals surface area contributed by atoms with Crippen LogP contribution >= 0.6 is 0 Å². The summed E-state index contributed by atoms with van der Waals surface area (Å²) in [6, 6.07) is 5.06. The second-order valence-electron chi connectivity index (χ2n) is 5.92. The third-order valence-corrected chi connectivity index (χ3v) is 4.34. The van der Waals surface area contributed by atoms with Gasteiger partial charge in [-0.1, -0.05) is 18.2 Å². The molecule has 128 valence electrons. The molecule has 2 aliphatic rings. The minimum atomic E-state index is -1.52. The third kappa shape index (κ3) is 2.73. The highest BCUT2D eigenvalue weighted by Gasteiger charge is 2.50. The minimum Gasteiger partial charge on any atom is -0.378 e. The molecule has 0 saturated carbocycles. The van der Waals surface area contributed by atoms with Gasteiger partial charge in [0.1, 0.15) is 17.9 Å². The van der Waals surface area contributed by atoms with Gasteiger partial charge in [-0.2, -0.15) is 0 Å². The van der Waals surface area contributed by atoms with E-state index >= 15 is 0 Å². The van der Waals surface area contributed by atoms with Crippen LogP contribution in [0.3, 0.4) is 0 Å². The Morgan fingerprint density at radius 1 is 1.29 bits per heavy atom. The molecule has 0 aromatic heterocycles. The van der Waals surface area contributed by atoms with Crippen molar-refractivity contribution in [2.75, 3.05) is 32.8 Å². The number of amides is 4. The molecule has 0 bridgehead atoms. The zero-order valence-electron chi connectivity index (χ0n) is 13.3. The van der Waals surface area contributed by atoms with Gasteiger partial charge in [0.25, 0.3) is 5.91 Å². The largest absolute Gasteiger partial charge is 0.378 e. The number of carbonyl (C=O) groups excluding carboxylic acids is 3. The average molecular weight is 335 g/mol. The maximum atomic E-state index is 14.1. The van der Waals surface area contributed by atoms with Crippen LogP contribution in [0.25, 0.3) is 0 Å². The number of hydrogen-bond donors (Lipinski definition) is 1. The van der Waals surface area contributed by atoms with Crippen LogP contribution in [0.5, 0.6) is 0 Å². The summed E-state index contributed by atoms with van der Waals surface area (Å²) < 4.78 is 19.2. The monoisotopic (exact) mass is 335 g/mol. The number of nitrogens with one attached hydrogen (secondary N) is 1. The van der Waals surface area contributed by atoms with E-state index in [2.05, 4.69) is 5.32 Å². The van der Waals surface area contributed by atoms with E-state index in [9.17, 15) is 18.8 Å². The Kier molecular flexibility index (Phi) is 4.23. The summed E-state index contributed by atoms with van der Waals surface area (Å²) in [6.45, 7) is 2.78. The van der Waals surface area contributed by atoms with Gasteiger partial charge in [-0.25, -0.2) is 9.18 Å². The summed E-state index contributed by atoms with van der Waals surface area (Å²) in [4.78, 5) is 39.5. The Morgan fingerprint density at radius 2 is 1.96 bits per heavy atom. The van der Waals surface area contributed by atoms with E-state index in [-0.39, 0.29) is 18.0 Å². The van der Waals surface area contributed by atoms with Crippen molar-refractivity contribution in [2.45, 2.75) is 12.5 Å². The van der Waals surface area contributed by atoms with Gasteiger partial charge in [0.15, 0.2) is 0 Å². The van der Waals surface area contributed by atoms with E-state index < -0.39 is 23.3 Å². The molecule has 8 heteroatoms. The molecule has 0 spiro atoms. The molecule has 1 aromatic carbocycles. The fourth-order valence-electron chi connectivity index (χ4n) is 2.94. The normalized spacial score (nSPS) is 24.2. The number of nitrogens with zero attached hydrogens (tertiary/aromatic N) is 2. The molecule has 3 rings (SSSR count). The van der Waals surface area contributed by atoms with Gasteiger partial charge >= 0.3 is 6.03 Å². The van der Waals surface area contributed by atoms with E-state index in [0.717, 1.165) is 4.90 Å². The van der Waals surface area contributed by atoms with Gasteiger partial charge in [-0.05, 0) is 13.0 Å². The van der Waals surface area contributed by atoms with Crippen LogP contribution < -0.4 is 5.32 Å². The molecule has 2 fully saturated rings. The average Bonchev–Trinajstić information content (AvgIpc) is 2.80. The molecule has 4 amide bonds. The van der Waals surface area contributed by atoms with Gasteiger partial charge < -0.3 is 15.0 Å². The molecular formula is C16H18FN3O4. The van der Waals surface area contributed by atoms with Crippen molar-refractivity contribution in [3.63, 3.8) is 0 Å². The van der Waals surface area contributed by atoms with Crippen LogP contribution in [-0.2, 0) is 19.9 Å². The van der Waals surface area contributed by atoms with Gasteiger partial charge in [0.2, 0.25) is 5.91 Å². The lowest BCUT2D eigenvalue weighted by Crippen LogP contribution is -2.47. The number of benzene rings is 1. The first-order valence-corrected chi connectivity index (χ1v) is 7.68. The molecule has 2 heterocycles. The predicted octanol–water partition coefficient (Wildman–Crippen LogP) is 0.452. The Balaban J connectivity index is 1.79. The first-order valence-electron chi connectivity index (χ1n) is 7.68. The number of ether oxygens (including phenoxy) is 1. The highest BCUT2D eigenvalue weighted by atomic mass is 19.1. The molecule has 1 atom stereocenters. The van der Waals surface area contributed by atoms with Gasteiger partial charge in [-0.3, -0.25) is 14.5 Å². The molecule has 0 aliphatic carbocycles. The Bertz CT molecular complexity index is 690. The summed E-state index contributed by atoms with van der Waals surface area (Å²) in [5.74, 6) is -1.56. The van der Waals surface area contributed by atoms with Crippen molar-refractivity contribution in [3.8, 4) is 0 Å². The molecule has 1 aromatic rings. The number of hydrogen-bond acceptors (Lipinski definition) is 4. The molecular weight excluding hydrogens is 317 g/mol. The fourth-order valence-corrected chi connectivity index (χ4v) is 2.94. The Morgan fingerprint density at radius 3 is 2.62 bits per heavy atom. The molecule has 2 saturated heterocycles. The van der Waals surface area contributed by atoms with Crippen molar-refractivity contribution in [1.29, 1.82) is 0 Å². The maximum Gasteiger partial charge on any atom is 0.325 e. The molecule has 0 unspecified atom stereocenters.